The predicted octanol–water partition coefficient (Wildman–Crippen LogP) is 0.406. The Bertz CT molecular complexity index is 537. The highest BCUT2D eigenvalue weighted by molar-refractivity contribution is 5.80. The average molecular weight is 192 g/mol. The molecule has 14 heavy (non-hydrogen) atoms. The SMILES string of the molecule is CCc1cn(C)c2nc(N)[nH]c(=O)c12. The first kappa shape index (κ1) is 8.80. The third-order valence-electron chi connectivity index (χ3n) is 2.30. The van der Waals surface area contributed by atoms with Crippen LogP contribution in [-0.4, -0.2) is 14.5 Å². The molecule has 0 atom stereocenters. The maximum absolute atomic E-state index is 11.6. The minimum absolute atomic E-state index is 0.159. The van der Waals surface area contributed by atoms with E-state index in [1.807, 2.05) is 24.7 Å². The van der Waals surface area contributed by atoms with Gasteiger partial charge in [0.25, 0.3) is 5.56 Å². The van der Waals surface area contributed by atoms with Crippen LogP contribution >= 0.6 is 0 Å². The number of hydrogen-bond acceptors (Lipinski definition) is 3. The van der Waals surface area contributed by atoms with Crippen molar-refractivity contribution in [3.05, 3.63) is 22.1 Å². The number of aryl methyl sites for hydroxylation is 2. The molecule has 0 aliphatic rings. The van der Waals surface area contributed by atoms with Crippen LogP contribution in [0.15, 0.2) is 11.0 Å². The normalized spacial score (nSPS) is 11.0. The third-order valence-corrected chi connectivity index (χ3v) is 2.30. The maximum Gasteiger partial charge on any atom is 0.262 e. The molecule has 2 aromatic rings. The van der Waals surface area contributed by atoms with Gasteiger partial charge in [-0.25, -0.2) is 0 Å². The fraction of sp³-hybridized carbons (Fsp3) is 0.333. The fourth-order valence-electron chi connectivity index (χ4n) is 1.65. The Kier molecular flexibility index (Phi) is 1.80. The van der Waals surface area contributed by atoms with Crippen LogP contribution in [0.3, 0.4) is 0 Å². The minimum Gasteiger partial charge on any atom is -0.369 e. The number of aromatic nitrogens is 3. The van der Waals surface area contributed by atoms with Gasteiger partial charge in [0, 0.05) is 13.2 Å². The van der Waals surface area contributed by atoms with E-state index in [0.29, 0.717) is 11.0 Å². The van der Waals surface area contributed by atoms with Crippen LogP contribution in [0, 0.1) is 0 Å². The molecule has 2 heterocycles. The van der Waals surface area contributed by atoms with Gasteiger partial charge in [-0.1, -0.05) is 6.92 Å². The lowest BCUT2D eigenvalue weighted by molar-refractivity contribution is 0.934. The van der Waals surface area contributed by atoms with E-state index in [1.165, 1.54) is 0 Å². The van der Waals surface area contributed by atoms with E-state index in [9.17, 15) is 4.79 Å². The number of nitrogen functional groups attached to an aromatic ring is 1. The molecule has 0 spiro atoms. The number of nitrogens with two attached hydrogens (primary N) is 1. The molecule has 0 aromatic carbocycles. The summed E-state index contributed by atoms with van der Waals surface area (Å²) in [6.07, 6.45) is 2.72. The largest absolute Gasteiger partial charge is 0.369 e. The van der Waals surface area contributed by atoms with Gasteiger partial charge in [0.2, 0.25) is 5.95 Å². The zero-order chi connectivity index (χ0) is 10.3. The first-order chi connectivity index (χ1) is 6.63. The third kappa shape index (κ3) is 1.09. The van der Waals surface area contributed by atoms with Crippen molar-refractivity contribution in [3.8, 4) is 0 Å². The molecule has 0 saturated carbocycles. The van der Waals surface area contributed by atoms with E-state index in [2.05, 4.69) is 9.97 Å². The van der Waals surface area contributed by atoms with Gasteiger partial charge in [0.1, 0.15) is 5.65 Å². The molecule has 2 rings (SSSR count). The Labute approximate surface area is 80.6 Å². The molecule has 0 aliphatic carbocycles. The van der Waals surface area contributed by atoms with Gasteiger partial charge in [-0.05, 0) is 12.0 Å². The molecule has 5 heteroatoms. The van der Waals surface area contributed by atoms with Crippen LogP contribution in [0.25, 0.3) is 11.0 Å². The molecular weight excluding hydrogens is 180 g/mol. The van der Waals surface area contributed by atoms with Crippen LogP contribution in [0.5, 0.6) is 0 Å². The van der Waals surface area contributed by atoms with Crippen LogP contribution < -0.4 is 11.3 Å². The van der Waals surface area contributed by atoms with Crippen molar-refractivity contribution in [2.75, 3.05) is 5.73 Å². The fourth-order valence-corrected chi connectivity index (χ4v) is 1.65. The first-order valence-electron chi connectivity index (χ1n) is 4.47. The van der Waals surface area contributed by atoms with Crippen molar-refractivity contribution in [2.24, 2.45) is 7.05 Å². The second kappa shape index (κ2) is 2.87. The van der Waals surface area contributed by atoms with Gasteiger partial charge in [-0.2, -0.15) is 4.98 Å². The molecule has 3 N–H and O–H groups in total. The number of nitrogens with one attached hydrogen (secondary N) is 1. The van der Waals surface area contributed by atoms with Crippen molar-refractivity contribution in [2.45, 2.75) is 13.3 Å². The zero-order valence-corrected chi connectivity index (χ0v) is 8.16. The van der Waals surface area contributed by atoms with Crippen molar-refractivity contribution < 1.29 is 0 Å². The topological polar surface area (TPSA) is 76.7 Å². The highest BCUT2D eigenvalue weighted by atomic mass is 16.1. The Morgan fingerprint density at radius 1 is 1.64 bits per heavy atom. The number of nitrogens with zero attached hydrogens (tertiary/aromatic N) is 2. The lowest BCUT2D eigenvalue weighted by Gasteiger charge is -1.96. The number of aromatic amines is 1. The lowest BCUT2D eigenvalue weighted by atomic mass is 10.2. The summed E-state index contributed by atoms with van der Waals surface area (Å²) in [7, 11) is 1.85. The summed E-state index contributed by atoms with van der Waals surface area (Å²) in [4.78, 5) is 18.2. The summed E-state index contributed by atoms with van der Waals surface area (Å²) in [5, 5.41) is 0.643. The number of rotatable bonds is 1. The first-order valence-corrected chi connectivity index (χ1v) is 4.47. The number of H-pyrrole nitrogens is 1. The summed E-state index contributed by atoms with van der Waals surface area (Å²) in [6.45, 7) is 2.00. The average Bonchev–Trinajstić information content (AvgIpc) is 2.43. The molecule has 0 saturated heterocycles. The van der Waals surface area contributed by atoms with Crippen molar-refractivity contribution in [1.82, 2.24) is 14.5 Å². The molecule has 0 bridgehead atoms. The van der Waals surface area contributed by atoms with Crippen LogP contribution in [0.1, 0.15) is 12.5 Å². The van der Waals surface area contributed by atoms with Crippen molar-refractivity contribution >= 4 is 17.0 Å². The van der Waals surface area contributed by atoms with E-state index in [1.54, 1.807) is 0 Å². The monoisotopic (exact) mass is 192 g/mol. The highest BCUT2D eigenvalue weighted by Crippen LogP contribution is 2.15. The van der Waals surface area contributed by atoms with Gasteiger partial charge in [-0.3, -0.25) is 9.78 Å². The molecule has 0 fully saturated rings. The van der Waals surface area contributed by atoms with Crippen LogP contribution in [0.2, 0.25) is 0 Å². The molecule has 0 radical (unpaired) electrons. The Morgan fingerprint density at radius 2 is 2.36 bits per heavy atom. The molecule has 0 amide bonds. The van der Waals surface area contributed by atoms with Gasteiger partial charge in [-0.15, -0.1) is 0 Å². The number of hydrogen-bond donors (Lipinski definition) is 2. The molecular formula is C9H12N4O. The number of anilines is 1. The van der Waals surface area contributed by atoms with E-state index < -0.39 is 0 Å². The van der Waals surface area contributed by atoms with E-state index in [0.717, 1.165) is 12.0 Å². The van der Waals surface area contributed by atoms with E-state index in [-0.39, 0.29) is 11.5 Å². The number of fused-ring (bicyclic) bond motifs is 1. The summed E-state index contributed by atoms with van der Waals surface area (Å²) >= 11 is 0. The minimum atomic E-state index is -0.162. The Morgan fingerprint density at radius 3 is 3.00 bits per heavy atom. The standard InChI is InChI=1S/C9H12N4O/c1-3-5-4-13(2)7-6(5)8(14)12-9(10)11-7/h4H,3H2,1-2H3,(H3,10,11,12,14). The predicted molar refractivity (Wildman–Crippen MR) is 55.1 cm³/mol. The Balaban J connectivity index is 2.97. The quantitative estimate of drug-likeness (QED) is 0.686. The Hall–Kier alpha value is -1.78. The highest BCUT2D eigenvalue weighted by Gasteiger charge is 2.10. The van der Waals surface area contributed by atoms with Crippen LogP contribution in [0.4, 0.5) is 5.95 Å². The molecule has 0 aliphatic heterocycles. The van der Waals surface area contributed by atoms with E-state index in [4.69, 9.17) is 5.73 Å². The summed E-state index contributed by atoms with van der Waals surface area (Å²) < 4.78 is 1.82. The maximum atomic E-state index is 11.6. The van der Waals surface area contributed by atoms with Crippen LogP contribution in [-0.2, 0) is 13.5 Å². The molecule has 2 aromatic heterocycles. The molecule has 0 unspecified atom stereocenters. The van der Waals surface area contributed by atoms with Crippen molar-refractivity contribution in [3.63, 3.8) is 0 Å². The van der Waals surface area contributed by atoms with Gasteiger partial charge >= 0.3 is 0 Å². The van der Waals surface area contributed by atoms with Gasteiger partial charge in [0.05, 0.1) is 5.39 Å². The second-order valence-electron chi connectivity index (χ2n) is 3.27. The summed E-state index contributed by atoms with van der Waals surface area (Å²) in [6, 6.07) is 0. The van der Waals surface area contributed by atoms with Gasteiger partial charge in [0.15, 0.2) is 0 Å². The summed E-state index contributed by atoms with van der Waals surface area (Å²) in [5.74, 6) is 0.159. The van der Waals surface area contributed by atoms with Gasteiger partial charge < -0.3 is 10.3 Å². The zero-order valence-electron chi connectivity index (χ0n) is 8.16. The summed E-state index contributed by atoms with van der Waals surface area (Å²) in [5.41, 5.74) is 6.94. The smallest absolute Gasteiger partial charge is 0.262 e. The van der Waals surface area contributed by atoms with Crippen molar-refractivity contribution in [1.29, 1.82) is 0 Å². The molecule has 74 valence electrons. The van der Waals surface area contributed by atoms with E-state index >= 15 is 0 Å². The second-order valence-corrected chi connectivity index (χ2v) is 3.27. The molecule has 5 nitrogen and oxygen atoms in total. The lowest BCUT2D eigenvalue weighted by Crippen LogP contribution is -2.12.